The Kier molecular flexibility index (Phi) is 10.6. The molecule has 0 atom stereocenters. The fourth-order valence-corrected chi connectivity index (χ4v) is 2.88. The number of nitrogens with zero attached hydrogens (tertiary/aromatic N) is 1. The number of esters is 1. The summed E-state index contributed by atoms with van der Waals surface area (Å²) in [4.78, 5) is 35.2. The van der Waals surface area contributed by atoms with Gasteiger partial charge >= 0.3 is 12.1 Å². The number of amides is 2. The van der Waals surface area contributed by atoms with E-state index in [-0.39, 0.29) is 19.1 Å². The van der Waals surface area contributed by atoms with Gasteiger partial charge < -0.3 is 20.1 Å². The summed E-state index contributed by atoms with van der Waals surface area (Å²) < 4.78 is 11.5. The van der Waals surface area contributed by atoms with Crippen molar-refractivity contribution in [3.63, 3.8) is 0 Å². The molecular weight excluding hydrogens is 398 g/mol. The second-order valence-electron chi connectivity index (χ2n) is 7.01. The number of aromatic nitrogens is 1. The molecule has 0 aliphatic carbocycles. The van der Waals surface area contributed by atoms with E-state index in [2.05, 4.69) is 15.4 Å². The molecule has 2 amide bonds. The van der Waals surface area contributed by atoms with Crippen LogP contribution in [0, 0.1) is 0 Å². The number of pyridine rings is 1. The van der Waals surface area contributed by atoms with Gasteiger partial charge in [0.05, 0.1) is 7.11 Å². The Balaban J connectivity index is 1.48. The van der Waals surface area contributed by atoms with Crippen LogP contribution >= 0.6 is 0 Å². The SMILES string of the molecule is COC(=O)c1ccc[n+](CC(=O)NCCCCCCNC(=O)OCc2ccccc2)c1. The minimum atomic E-state index is -0.436. The van der Waals surface area contributed by atoms with Crippen molar-refractivity contribution in [2.24, 2.45) is 0 Å². The number of rotatable bonds is 12. The first kappa shape index (κ1) is 23.9. The molecule has 0 aliphatic rings. The predicted octanol–water partition coefficient (Wildman–Crippen LogP) is 2.36. The molecule has 8 heteroatoms. The Hall–Kier alpha value is -3.42. The van der Waals surface area contributed by atoms with Gasteiger partial charge in [-0.05, 0) is 24.5 Å². The lowest BCUT2D eigenvalue weighted by atomic mass is 10.2. The van der Waals surface area contributed by atoms with Crippen LogP contribution in [0.15, 0.2) is 54.9 Å². The van der Waals surface area contributed by atoms with Gasteiger partial charge in [0.1, 0.15) is 12.2 Å². The highest BCUT2D eigenvalue weighted by Crippen LogP contribution is 2.01. The van der Waals surface area contributed by atoms with Gasteiger partial charge in [-0.15, -0.1) is 0 Å². The van der Waals surface area contributed by atoms with Crippen molar-refractivity contribution < 1.29 is 28.4 Å². The second-order valence-corrected chi connectivity index (χ2v) is 7.01. The fourth-order valence-electron chi connectivity index (χ4n) is 2.88. The molecule has 0 saturated carbocycles. The van der Waals surface area contributed by atoms with Gasteiger partial charge in [0.2, 0.25) is 6.54 Å². The van der Waals surface area contributed by atoms with Gasteiger partial charge in [0, 0.05) is 19.2 Å². The Morgan fingerprint density at radius 1 is 0.903 bits per heavy atom. The van der Waals surface area contributed by atoms with E-state index in [9.17, 15) is 14.4 Å². The summed E-state index contributed by atoms with van der Waals surface area (Å²) in [5.41, 5.74) is 1.35. The monoisotopic (exact) mass is 428 g/mol. The lowest BCUT2D eigenvalue weighted by Gasteiger charge is -2.07. The molecule has 0 fully saturated rings. The first-order valence-electron chi connectivity index (χ1n) is 10.4. The zero-order valence-corrected chi connectivity index (χ0v) is 17.8. The molecule has 166 valence electrons. The predicted molar refractivity (Wildman–Crippen MR) is 114 cm³/mol. The maximum atomic E-state index is 12.0. The maximum absolute atomic E-state index is 12.0. The van der Waals surface area contributed by atoms with E-state index >= 15 is 0 Å². The number of alkyl carbamates (subject to hydrolysis) is 1. The van der Waals surface area contributed by atoms with Gasteiger partial charge in [-0.2, -0.15) is 4.57 Å². The normalized spacial score (nSPS) is 10.2. The van der Waals surface area contributed by atoms with Crippen LogP contribution in [0.2, 0.25) is 0 Å². The second kappa shape index (κ2) is 13.7. The van der Waals surface area contributed by atoms with Gasteiger partial charge in [-0.3, -0.25) is 4.79 Å². The van der Waals surface area contributed by atoms with Gasteiger partial charge in [0.25, 0.3) is 5.91 Å². The Morgan fingerprint density at radius 2 is 1.61 bits per heavy atom. The largest absolute Gasteiger partial charge is 0.465 e. The quantitative estimate of drug-likeness (QED) is 0.307. The molecule has 1 aromatic carbocycles. The van der Waals surface area contributed by atoms with E-state index in [0.717, 1.165) is 31.2 Å². The van der Waals surface area contributed by atoms with Crippen molar-refractivity contribution in [1.82, 2.24) is 10.6 Å². The highest BCUT2D eigenvalue weighted by molar-refractivity contribution is 5.88. The van der Waals surface area contributed by atoms with Crippen LogP contribution in [-0.4, -0.2) is 38.2 Å². The summed E-state index contributed by atoms with van der Waals surface area (Å²) in [6.45, 7) is 1.55. The molecule has 0 radical (unpaired) electrons. The summed E-state index contributed by atoms with van der Waals surface area (Å²) in [6.07, 6.45) is 6.51. The molecule has 2 N–H and O–H groups in total. The van der Waals surface area contributed by atoms with Crippen molar-refractivity contribution in [3.8, 4) is 0 Å². The lowest BCUT2D eigenvalue weighted by molar-refractivity contribution is -0.684. The van der Waals surface area contributed by atoms with E-state index in [0.29, 0.717) is 18.7 Å². The van der Waals surface area contributed by atoms with Crippen molar-refractivity contribution in [2.75, 3.05) is 20.2 Å². The Labute approximate surface area is 182 Å². The van der Waals surface area contributed by atoms with Crippen molar-refractivity contribution >= 4 is 18.0 Å². The molecular formula is C23H30N3O5+. The van der Waals surface area contributed by atoms with Crippen LogP contribution < -0.4 is 15.2 Å². The molecule has 1 heterocycles. The van der Waals surface area contributed by atoms with Crippen LogP contribution in [0.1, 0.15) is 41.6 Å². The van der Waals surface area contributed by atoms with Crippen molar-refractivity contribution in [3.05, 3.63) is 66.0 Å². The average molecular weight is 429 g/mol. The number of methoxy groups -OCH3 is 1. The Morgan fingerprint density at radius 3 is 2.32 bits per heavy atom. The number of nitrogens with one attached hydrogen (secondary N) is 2. The van der Waals surface area contributed by atoms with Crippen LogP contribution in [0.5, 0.6) is 0 Å². The zero-order chi connectivity index (χ0) is 22.3. The molecule has 1 aromatic heterocycles. The molecule has 0 spiro atoms. The molecule has 0 aliphatic heterocycles. The van der Waals surface area contributed by atoms with E-state index in [4.69, 9.17) is 4.74 Å². The molecule has 2 rings (SSSR count). The van der Waals surface area contributed by atoms with Gasteiger partial charge in [-0.1, -0.05) is 43.2 Å². The van der Waals surface area contributed by atoms with Crippen LogP contribution in [0.3, 0.4) is 0 Å². The van der Waals surface area contributed by atoms with E-state index in [1.165, 1.54) is 7.11 Å². The number of unbranched alkanes of at least 4 members (excludes halogenated alkanes) is 3. The van der Waals surface area contributed by atoms with Gasteiger partial charge in [0.15, 0.2) is 12.4 Å². The number of hydrogen-bond donors (Lipinski definition) is 2. The summed E-state index contributed by atoms with van der Waals surface area (Å²) in [5, 5.41) is 5.61. The standard InChI is InChI=1S/C23H29N3O5/c1-30-22(28)20-12-9-15-26(16-20)17-21(27)24-13-7-2-3-8-14-25-23(29)31-18-19-10-5-4-6-11-19/h4-6,9-12,15-16H,2-3,7-8,13-14,17-18H2,1H3,(H-,24,25,27,29)/p+1. The number of hydrogen-bond acceptors (Lipinski definition) is 5. The minimum Gasteiger partial charge on any atom is -0.465 e. The molecule has 8 nitrogen and oxygen atoms in total. The first-order chi connectivity index (χ1) is 15.1. The third-order valence-electron chi connectivity index (χ3n) is 4.51. The number of benzene rings is 1. The highest BCUT2D eigenvalue weighted by atomic mass is 16.5. The molecule has 0 saturated heterocycles. The van der Waals surface area contributed by atoms with Crippen molar-refractivity contribution in [1.29, 1.82) is 0 Å². The van der Waals surface area contributed by atoms with E-state index in [1.54, 1.807) is 29.1 Å². The zero-order valence-electron chi connectivity index (χ0n) is 17.8. The molecule has 31 heavy (non-hydrogen) atoms. The Bertz CT molecular complexity index is 842. The number of ether oxygens (including phenoxy) is 2. The topological polar surface area (TPSA) is 97.6 Å². The third-order valence-corrected chi connectivity index (χ3v) is 4.51. The number of carbonyl (C=O) groups excluding carboxylic acids is 3. The fraction of sp³-hybridized carbons (Fsp3) is 0.391. The first-order valence-corrected chi connectivity index (χ1v) is 10.4. The molecule has 2 aromatic rings. The van der Waals surface area contributed by atoms with Gasteiger partial charge in [-0.25, -0.2) is 9.59 Å². The summed E-state index contributed by atoms with van der Waals surface area (Å²) in [5.74, 6) is -0.552. The van der Waals surface area contributed by atoms with Crippen LogP contribution in [0.25, 0.3) is 0 Å². The summed E-state index contributed by atoms with van der Waals surface area (Å²) >= 11 is 0. The third kappa shape index (κ3) is 9.75. The highest BCUT2D eigenvalue weighted by Gasteiger charge is 2.13. The summed E-state index contributed by atoms with van der Waals surface area (Å²) in [7, 11) is 1.32. The lowest BCUT2D eigenvalue weighted by Crippen LogP contribution is -2.43. The average Bonchev–Trinajstić information content (AvgIpc) is 2.79. The maximum Gasteiger partial charge on any atom is 0.407 e. The van der Waals surface area contributed by atoms with Crippen LogP contribution in [0.4, 0.5) is 4.79 Å². The number of carbonyl (C=O) groups is 3. The summed E-state index contributed by atoms with van der Waals surface area (Å²) in [6, 6.07) is 12.9. The van der Waals surface area contributed by atoms with Crippen LogP contribution in [-0.2, 0) is 27.4 Å². The van der Waals surface area contributed by atoms with Crippen molar-refractivity contribution in [2.45, 2.75) is 38.8 Å². The smallest absolute Gasteiger partial charge is 0.407 e. The molecule has 0 unspecified atom stereocenters. The molecule has 0 bridgehead atoms. The minimum absolute atomic E-state index is 0.116. The van der Waals surface area contributed by atoms with E-state index < -0.39 is 12.1 Å². The van der Waals surface area contributed by atoms with E-state index in [1.807, 2.05) is 30.3 Å².